The maximum Gasteiger partial charge on any atom is 0.232 e. The van der Waals surface area contributed by atoms with Crippen LogP contribution in [0.2, 0.25) is 5.02 Å². The number of amides is 1. The van der Waals surface area contributed by atoms with Gasteiger partial charge in [0.2, 0.25) is 15.9 Å². The van der Waals surface area contributed by atoms with E-state index in [1.165, 1.54) is 10.6 Å². The third-order valence-corrected chi connectivity index (χ3v) is 6.10. The molecule has 0 heterocycles. The molecule has 0 aromatic heterocycles. The zero-order valence-electron chi connectivity index (χ0n) is 17.9. The molecule has 6 nitrogen and oxygen atoms in total. The van der Waals surface area contributed by atoms with Crippen LogP contribution in [-0.4, -0.2) is 40.3 Å². The van der Waals surface area contributed by atoms with Gasteiger partial charge < -0.3 is 10.1 Å². The maximum atomic E-state index is 12.2. The van der Waals surface area contributed by atoms with Gasteiger partial charge in [-0.1, -0.05) is 23.7 Å². The molecule has 8 heteroatoms. The highest BCUT2D eigenvalue weighted by atomic mass is 35.5. The van der Waals surface area contributed by atoms with Gasteiger partial charge in [-0.15, -0.1) is 0 Å². The Morgan fingerprint density at radius 2 is 1.77 bits per heavy atom. The van der Waals surface area contributed by atoms with Crippen LogP contribution in [0, 0.1) is 20.8 Å². The summed E-state index contributed by atoms with van der Waals surface area (Å²) in [7, 11) is -3.44. The number of hydrogen-bond donors (Lipinski definition) is 1. The molecule has 0 bridgehead atoms. The molecule has 0 aliphatic rings. The number of hydrogen-bond acceptors (Lipinski definition) is 4. The minimum atomic E-state index is -3.44. The number of ether oxygens (including phenoxy) is 1. The zero-order valence-corrected chi connectivity index (χ0v) is 19.4. The Morgan fingerprint density at radius 3 is 2.37 bits per heavy atom. The lowest BCUT2D eigenvalue weighted by Gasteiger charge is -2.23. The minimum absolute atomic E-state index is 0.144. The number of carbonyl (C=O) groups excluding carboxylic acids is 1. The zero-order chi connectivity index (χ0) is 22.3. The number of sulfonamides is 1. The standard InChI is InChI=1S/C22H29ClN2O4S/c1-16-12-17(2)14-19(13-16)25(30(4,27)28)10-5-6-22(26)24-9-11-29-20-8-7-18(3)21(23)15-20/h7-8,12-15H,5-6,9-11H2,1-4H3,(H,24,26). The Labute approximate surface area is 184 Å². The van der Waals surface area contributed by atoms with E-state index in [1.54, 1.807) is 6.07 Å². The highest BCUT2D eigenvalue weighted by Gasteiger charge is 2.18. The first kappa shape index (κ1) is 24.0. The Hall–Kier alpha value is -2.25. The summed E-state index contributed by atoms with van der Waals surface area (Å²) in [6.45, 7) is 6.69. The van der Waals surface area contributed by atoms with Crippen molar-refractivity contribution in [3.05, 3.63) is 58.1 Å². The lowest BCUT2D eigenvalue weighted by molar-refractivity contribution is -0.121. The quantitative estimate of drug-likeness (QED) is 0.552. The topological polar surface area (TPSA) is 75.7 Å². The molecule has 0 atom stereocenters. The summed E-state index contributed by atoms with van der Waals surface area (Å²) >= 11 is 6.06. The molecular formula is C22H29ClN2O4S. The Kier molecular flexibility index (Phi) is 8.55. The largest absolute Gasteiger partial charge is 0.492 e. The SMILES string of the molecule is Cc1cc(C)cc(N(CCCC(=O)NCCOc2ccc(C)c(Cl)c2)S(C)(=O)=O)c1. The third-order valence-electron chi connectivity index (χ3n) is 4.50. The molecule has 0 aliphatic heterocycles. The van der Waals surface area contributed by atoms with Crippen molar-refractivity contribution in [3.63, 3.8) is 0 Å². The summed E-state index contributed by atoms with van der Waals surface area (Å²) in [5.74, 6) is 0.506. The number of nitrogens with zero attached hydrogens (tertiary/aromatic N) is 1. The number of carbonyl (C=O) groups is 1. The van der Waals surface area contributed by atoms with E-state index in [9.17, 15) is 13.2 Å². The van der Waals surface area contributed by atoms with Gasteiger partial charge in [0.15, 0.2) is 0 Å². The van der Waals surface area contributed by atoms with E-state index in [-0.39, 0.29) is 18.9 Å². The van der Waals surface area contributed by atoms with Crippen molar-refractivity contribution in [2.24, 2.45) is 0 Å². The Bertz CT molecular complexity index is 972. The molecule has 1 N–H and O–H groups in total. The smallest absolute Gasteiger partial charge is 0.232 e. The summed E-state index contributed by atoms with van der Waals surface area (Å²) in [5, 5.41) is 3.42. The highest BCUT2D eigenvalue weighted by Crippen LogP contribution is 2.22. The van der Waals surface area contributed by atoms with Crippen LogP contribution in [0.5, 0.6) is 5.75 Å². The van der Waals surface area contributed by atoms with E-state index >= 15 is 0 Å². The third kappa shape index (κ3) is 7.54. The lowest BCUT2D eigenvalue weighted by atomic mass is 10.1. The second-order valence-electron chi connectivity index (χ2n) is 7.39. The van der Waals surface area contributed by atoms with E-state index in [0.717, 1.165) is 16.7 Å². The van der Waals surface area contributed by atoms with Crippen LogP contribution in [0.4, 0.5) is 5.69 Å². The highest BCUT2D eigenvalue weighted by molar-refractivity contribution is 7.92. The van der Waals surface area contributed by atoms with Gasteiger partial charge in [0.25, 0.3) is 0 Å². The molecule has 164 valence electrons. The van der Waals surface area contributed by atoms with E-state index < -0.39 is 10.0 Å². The lowest BCUT2D eigenvalue weighted by Crippen LogP contribution is -2.33. The van der Waals surface area contributed by atoms with E-state index in [2.05, 4.69) is 5.32 Å². The van der Waals surface area contributed by atoms with Gasteiger partial charge in [-0.05, 0) is 68.1 Å². The first-order chi connectivity index (χ1) is 14.1. The van der Waals surface area contributed by atoms with Crippen molar-refractivity contribution in [1.82, 2.24) is 5.32 Å². The van der Waals surface area contributed by atoms with E-state index in [1.807, 2.05) is 51.1 Å². The molecular weight excluding hydrogens is 424 g/mol. The molecule has 2 aromatic carbocycles. The van der Waals surface area contributed by atoms with Crippen LogP contribution < -0.4 is 14.4 Å². The van der Waals surface area contributed by atoms with Gasteiger partial charge in [0.1, 0.15) is 12.4 Å². The van der Waals surface area contributed by atoms with Gasteiger partial charge in [-0.2, -0.15) is 0 Å². The van der Waals surface area contributed by atoms with Crippen LogP contribution in [0.1, 0.15) is 29.5 Å². The summed E-state index contributed by atoms with van der Waals surface area (Å²) in [4.78, 5) is 12.1. The number of nitrogens with one attached hydrogen (secondary N) is 1. The van der Waals surface area contributed by atoms with Gasteiger partial charge in [-0.3, -0.25) is 9.10 Å². The predicted molar refractivity (Wildman–Crippen MR) is 122 cm³/mol. The molecule has 0 fully saturated rings. The van der Waals surface area contributed by atoms with Crippen molar-refractivity contribution < 1.29 is 17.9 Å². The Morgan fingerprint density at radius 1 is 1.10 bits per heavy atom. The number of halogens is 1. The molecule has 0 unspecified atom stereocenters. The molecule has 30 heavy (non-hydrogen) atoms. The number of anilines is 1. The molecule has 0 aliphatic carbocycles. The number of aryl methyl sites for hydroxylation is 3. The normalized spacial score (nSPS) is 11.2. The fourth-order valence-corrected chi connectivity index (χ4v) is 4.19. The van der Waals surface area contributed by atoms with E-state index in [0.29, 0.717) is 36.0 Å². The molecule has 0 saturated heterocycles. The first-order valence-electron chi connectivity index (χ1n) is 9.78. The van der Waals surface area contributed by atoms with Crippen molar-refractivity contribution in [3.8, 4) is 5.75 Å². The fraction of sp³-hybridized carbons (Fsp3) is 0.409. The molecule has 1 amide bonds. The predicted octanol–water partition coefficient (Wildman–Crippen LogP) is 4.01. The monoisotopic (exact) mass is 452 g/mol. The Balaban J connectivity index is 1.79. The van der Waals surface area contributed by atoms with Crippen molar-refractivity contribution >= 4 is 33.2 Å². The van der Waals surface area contributed by atoms with Crippen LogP contribution in [-0.2, 0) is 14.8 Å². The number of rotatable bonds is 10. The van der Waals surface area contributed by atoms with Gasteiger partial charge >= 0.3 is 0 Å². The molecule has 0 spiro atoms. The summed E-state index contributed by atoms with van der Waals surface area (Å²) in [6, 6.07) is 11.1. The average Bonchev–Trinajstić information content (AvgIpc) is 2.63. The van der Waals surface area contributed by atoms with Crippen molar-refractivity contribution in [2.75, 3.05) is 30.3 Å². The van der Waals surface area contributed by atoms with E-state index in [4.69, 9.17) is 16.3 Å². The first-order valence-corrected chi connectivity index (χ1v) is 12.0. The van der Waals surface area contributed by atoms with Crippen LogP contribution in [0.3, 0.4) is 0 Å². The van der Waals surface area contributed by atoms with Crippen LogP contribution >= 0.6 is 11.6 Å². The van der Waals surface area contributed by atoms with Crippen LogP contribution in [0.15, 0.2) is 36.4 Å². The second-order valence-corrected chi connectivity index (χ2v) is 9.71. The average molecular weight is 453 g/mol. The van der Waals surface area contributed by atoms with Crippen molar-refractivity contribution in [2.45, 2.75) is 33.6 Å². The van der Waals surface area contributed by atoms with Gasteiger partial charge in [0.05, 0.1) is 18.5 Å². The minimum Gasteiger partial charge on any atom is -0.492 e. The molecule has 2 aromatic rings. The molecule has 0 saturated carbocycles. The molecule has 0 radical (unpaired) electrons. The fourth-order valence-electron chi connectivity index (χ4n) is 3.08. The summed E-state index contributed by atoms with van der Waals surface area (Å²) in [6.07, 6.45) is 1.83. The van der Waals surface area contributed by atoms with Gasteiger partial charge in [0, 0.05) is 18.0 Å². The maximum absolute atomic E-state index is 12.2. The second kappa shape index (κ2) is 10.7. The van der Waals surface area contributed by atoms with Crippen LogP contribution in [0.25, 0.3) is 0 Å². The van der Waals surface area contributed by atoms with Gasteiger partial charge in [-0.25, -0.2) is 8.42 Å². The molecule has 2 rings (SSSR count). The number of benzene rings is 2. The van der Waals surface area contributed by atoms with Crippen molar-refractivity contribution in [1.29, 1.82) is 0 Å². The summed E-state index contributed by atoms with van der Waals surface area (Å²) < 4.78 is 31.4. The summed E-state index contributed by atoms with van der Waals surface area (Å²) in [5.41, 5.74) is 3.58.